The first kappa shape index (κ1) is 28.9. The molecule has 200 valence electrons. The fraction of sp³-hybridized carbons (Fsp3) is 0.625. The fourth-order valence-electron chi connectivity index (χ4n) is 5.01. The maximum absolute atomic E-state index is 3.76. The van der Waals surface area contributed by atoms with Gasteiger partial charge in [0.25, 0.3) is 0 Å². The third kappa shape index (κ3) is 8.73. The first-order valence-electron chi connectivity index (χ1n) is 14.9. The predicted molar refractivity (Wildman–Crippen MR) is 164 cm³/mol. The second-order valence-corrected chi connectivity index (χ2v) is 12.7. The Morgan fingerprint density at radius 2 is 0.889 bits per heavy atom. The Bertz CT molecular complexity index is 805. The summed E-state index contributed by atoms with van der Waals surface area (Å²) < 4.78 is 3.01. The number of hydrogen-bond acceptors (Lipinski definition) is 3. The molecule has 2 aromatic rings. The summed E-state index contributed by atoms with van der Waals surface area (Å²) in [5.74, 6) is 0. The van der Waals surface area contributed by atoms with E-state index in [4.69, 9.17) is 0 Å². The Balaban J connectivity index is 1.76. The molecule has 0 unspecified atom stereocenters. The van der Waals surface area contributed by atoms with Gasteiger partial charge in [-0.2, -0.15) is 0 Å². The first-order valence-corrected chi connectivity index (χ1v) is 16.6. The molecular weight excluding hydrogens is 505 g/mol. The van der Waals surface area contributed by atoms with Crippen molar-refractivity contribution in [3.05, 3.63) is 36.4 Å². The summed E-state index contributed by atoms with van der Waals surface area (Å²) in [6.45, 7) is 13.9. The molecule has 3 rings (SSSR count). The van der Waals surface area contributed by atoms with Gasteiger partial charge in [-0.05, 0) is 0 Å². The molecule has 2 aromatic carbocycles. The van der Waals surface area contributed by atoms with Gasteiger partial charge in [0.2, 0.25) is 0 Å². The molecular formula is C32H51N3Se. The molecule has 36 heavy (non-hydrogen) atoms. The Morgan fingerprint density at radius 1 is 0.528 bits per heavy atom. The predicted octanol–water partition coefficient (Wildman–Crippen LogP) is 7.77. The average Bonchev–Trinajstić information content (AvgIpc) is 2.90. The molecule has 1 aliphatic heterocycles. The molecule has 4 heteroatoms. The number of unbranched alkanes of at least 4 members (excludes halogenated alkanes) is 8. The molecule has 0 aromatic heterocycles. The number of anilines is 4. The molecule has 0 fully saturated rings. The number of benzene rings is 2. The van der Waals surface area contributed by atoms with Crippen LogP contribution in [-0.4, -0.2) is 41.1 Å². The van der Waals surface area contributed by atoms with E-state index < -0.39 is 0 Å². The summed E-state index contributed by atoms with van der Waals surface area (Å²) in [7, 11) is 0. The SMILES string of the molecule is CCCCCN(CCCCC)c1ccc2c(c1)[Se]c1cc(N(CCCCC)CCCCC)ccc1N2. The Labute approximate surface area is 228 Å². The number of rotatable bonds is 18. The van der Waals surface area contributed by atoms with Gasteiger partial charge >= 0.3 is 229 Å². The zero-order valence-electron chi connectivity index (χ0n) is 23.6. The molecule has 0 saturated carbocycles. The fourth-order valence-corrected chi connectivity index (χ4v) is 7.22. The zero-order chi connectivity index (χ0) is 25.6. The normalized spacial score (nSPS) is 12.1. The average molecular weight is 557 g/mol. The topological polar surface area (TPSA) is 18.5 Å². The van der Waals surface area contributed by atoms with E-state index in [9.17, 15) is 0 Å². The van der Waals surface area contributed by atoms with Gasteiger partial charge in [-0.15, -0.1) is 0 Å². The van der Waals surface area contributed by atoms with Gasteiger partial charge in [0.1, 0.15) is 0 Å². The first-order chi connectivity index (χ1) is 17.7. The van der Waals surface area contributed by atoms with Gasteiger partial charge in [0, 0.05) is 0 Å². The van der Waals surface area contributed by atoms with Gasteiger partial charge in [-0.3, -0.25) is 0 Å². The minimum absolute atomic E-state index is 0.332. The number of hydrogen-bond donors (Lipinski definition) is 1. The quantitative estimate of drug-likeness (QED) is 0.128. The maximum atomic E-state index is 3.76. The molecule has 0 spiro atoms. The number of nitrogens with one attached hydrogen (secondary N) is 1. The van der Waals surface area contributed by atoms with E-state index in [2.05, 4.69) is 79.2 Å². The van der Waals surface area contributed by atoms with E-state index in [1.165, 1.54) is 135 Å². The Hall–Kier alpha value is -1.64. The summed E-state index contributed by atoms with van der Waals surface area (Å²) in [5.41, 5.74) is 5.46. The standard InChI is InChI=1S/C32H51N3Se/c1-5-9-13-21-34(22-14-10-6-2)27-17-19-29-31(25-27)36-32-26-28(18-20-30(32)33-29)35(23-15-11-7-3)24-16-12-8-4/h17-20,25-26,33H,5-16,21-24H2,1-4H3. The van der Waals surface area contributed by atoms with Crippen molar-refractivity contribution in [3.63, 3.8) is 0 Å². The van der Waals surface area contributed by atoms with Gasteiger partial charge in [0.15, 0.2) is 0 Å². The van der Waals surface area contributed by atoms with Gasteiger partial charge in [-0.25, -0.2) is 0 Å². The van der Waals surface area contributed by atoms with E-state index in [0.717, 1.165) is 0 Å². The van der Waals surface area contributed by atoms with Crippen LogP contribution in [0.4, 0.5) is 22.7 Å². The Morgan fingerprint density at radius 3 is 1.22 bits per heavy atom. The molecule has 0 radical (unpaired) electrons. The van der Waals surface area contributed by atoms with Crippen molar-refractivity contribution in [2.75, 3.05) is 41.3 Å². The van der Waals surface area contributed by atoms with Crippen LogP contribution in [0, 0.1) is 0 Å². The van der Waals surface area contributed by atoms with Crippen molar-refractivity contribution < 1.29 is 0 Å². The van der Waals surface area contributed by atoms with Crippen molar-refractivity contribution in [1.82, 2.24) is 0 Å². The van der Waals surface area contributed by atoms with Crippen LogP contribution in [0.3, 0.4) is 0 Å². The van der Waals surface area contributed by atoms with Gasteiger partial charge < -0.3 is 0 Å². The summed E-state index contributed by atoms with van der Waals surface area (Å²) in [6.07, 6.45) is 15.6. The molecule has 0 bridgehead atoms. The summed E-state index contributed by atoms with van der Waals surface area (Å²) in [5, 5.41) is 3.76. The monoisotopic (exact) mass is 557 g/mol. The van der Waals surface area contributed by atoms with E-state index >= 15 is 0 Å². The van der Waals surface area contributed by atoms with Crippen LogP contribution in [0.1, 0.15) is 105 Å². The van der Waals surface area contributed by atoms with Gasteiger partial charge in [-0.1, -0.05) is 0 Å². The van der Waals surface area contributed by atoms with Crippen molar-refractivity contribution in [2.45, 2.75) is 105 Å². The van der Waals surface area contributed by atoms with Crippen molar-refractivity contribution >= 4 is 46.6 Å². The third-order valence-corrected chi connectivity index (χ3v) is 9.62. The molecule has 0 aliphatic carbocycles. The van der Waals surface area contributed by atoms with Gasteiger partial charge in [0.05, 0.1) is 0 Å². The van der Waals surface area contributed by atoms with E-state index in [-0.39, 0.29) is 0 Å². The molecule has 0 saturated heterocycles. The summed E-state index contributed by atoms with van der Waals surface area (Å²) >= 11 is 0.332. The third-order valence-electron chi connectivity index (χ3n) is 7.28. The number of nitrogens with zero attached hydrogens (tertiary/aromatic N) is 2. The van der Waals surface area contributed by atoms with Crippen molar-refractivity contribution in [1.29, 1.82) is 0 Å². The van der Waals surface area contributed by atoms with Crippen LogP contribution in [0.5, 0.6) is 0 Å². The van der Waals surface area contributed by atoms with Crippen LogP contribution >= 0.6 is 0 Å². The Kier molecular flexibility index (Phi) is 13.1. The molecule has 1 aliphatic rings. The van der Waals surface area contributed by atoms with Crippen molar-refractivity contribution in [2.24, 2.45) is 0 Å². The van der Waals surface area contributed by atoms with Crippen LogP contribution in [-0.2, 0) is 0 Å². The van der Waals surface area contributed by atoms with E-state index in [0.29, 0.717) is 15.0 Å². The van der Waals surface area contributed by atoms with E-state index in [1.807, 2.05) is 0 Å². The second-order valence-electron chi connectivity index (χ2n) is 10.4. The van der Waals surface area contributed by atoms with Crippen LogP contribution < -0.4 is 24.0 Å². The summed E-state index contributed by atoms with van der Waals surface area (Å²) in [6, 6.07) is 14.4. The molecule has 1 N–H and O–H groups in total. The molecule has 0 atom stereocenters. The summed E-state index contributed by atoms with van der Waals surface area (Å²) in [4.78, 5) is 5.30. The second kappa shape index (κ2) is 16.3. The number of fused-ring (bicyclic) bond motifs is 2. The van der Waals surface area contributed by atoms with Crippen LogP contribution in [0.2, 0.25) is 0 Å². The van der Waals surface area contributed by atoms with Crippen LogP contribution in [0.25, 0.3) is 0 Å². The van der Waals surface area contributed by atoms with Crippen LogP contribution in [0.15, 0.2) is 36.4 Å². The minimum atomic E-state index is 0.332. The van der Waals surface area contributed by atoms with Crippen molar-refractivity contribution in [3.8, 4) is 0 Å². The molecule has 0 amide bonds. The zero-order valence-corrected chi connectivity index (χ0v) is 25.3. The molecule has 1 heterocycles. The molecule has 3 nitrogen and oxygen atoms in total. The van der Waals surface area contributed by atoms with E-state index in [1.54, 1.807) is 0 Å².